The molecular weight excluding hydrogens is 352 g/mol. The van der Waals surface area contributed by atoms with Crippen molar-refractivity contribution in [1.29, 1.82) is 0 Å². The number of carbonyl (C=O) groups excluding carboxylic acids is 1. The molecule has 0 bridgehead atoms. The molecule has 3 aromatic rings. The third-order valence-electron chi connectivity index (χ3n) is 3.28. The van der Waals surface area contributed by atoms with Gasteiger partial charge in [-0.1, -0.05) is 0 Å². The molecule has 132 valence electrons. The molecule has 3 rings (SSSR count). The van der Waals surface area contributed by atoms with Gasteiger partial charge in [0, 0.05) is 5.69 Å². The van der Waals surface area contributed by atoms with Gasteiger partial charge in [-0.25, -0.2) is 27.5 Å². The van der Waals surface area contributed by atoms with Crippen LogP contribution in [0.3, 0.4) is 0 Å². The van der Waals surface area contributed by atoms with Gasteiger partial charge < -0.3 is 10.6 Å². The molecule has 0 aliphatic rings. The summed E-state index contributed by atoms with van der Waals surface area (Å²) in [5.74, 6) is -5.52. The standard InChI is InChI=1S/C17H10F4N4O/c18-9-1-3-10(4-2-9)24-14-8-22-13(7-23-14)17(26)25-12-6-5-11(19)15(20)16(12)21/h1-8H,(H,23,24)(H,25,26). The lowest BCUT2D eigenvalue weighted by atomic mass is 10.2. The summed E-state index contributed by atoms with van der Waals surface area (Å²) in [6, 6.07) is 7.08. The highest BCUT2D eigenvalue weighted by Crippen LogP contribution is 2.20. The number of amides is 1. The molecule has 1 amide bonds. The minimum atomic E-state index is -1.69. The van der Waals surface area contributed by atoms with E-state index in [1.165, 1.54) is 30.5 Å². The fraction of sp³-hybridized carbons (Fsp3) is 0. The van der Waals surface area contributed by atoms with Crippen LogP contribution >= 0.6 is 0 Å². The van der Waals surface area contributed by atoms with Crippen LogP contribution in [-0.2, 0) is 0 Å². The molecule has 9 heteroatoms. The Kier molecular flexibility index (Phi) is 4.78. The van der Waals surface area contributed by atoms with E-state index in [4.69, 9.17) is 0 Å². The summed E-state index contributed by atoms with van der Waals surface area (Å²) < 4.78 is 52.5. The average Bonchev–Trinajstić information content (AvgIpc) is 2.64. The van der Waals surface area contributed by atoms with Crippen molar-refractivity contribution < 1.29 is 22.4 Å². The summed E-state index contributed by atoms with van der Waals surface area (Å²) in [5, 5.41) is 4.93. The third kappa shape index (κ3) is 3.77. The van der Waals surface area contributed by atoms with Gasteiger partial charge in [0.25, 0.3) is 5.91 Å². The van der Waals surface area contributed by atoms with Crippen LogP contribution in [-0.4, -0.2) is 15.9 Å². The number of nitrogens with zero attached hydrogens (tertiary/aromatic N) is 2. The monoisotopic (exact) mass is 362 g/mol. The van der Waals surface area contributed by atoms with E-state index in [9.17, 15) is 22.4 Å². The maximum absolute atomic E-state index is 13.6. The first-order chi connectivity index (χ1) is 12.4. The van der Waals surface area contributed by atoms with E-state index in [1.54, 1.807) is 0 Å². The Bertz CT molecular complexity index is 946. The molecule has 1 aromatic heterocycles. The Labute approximate surface area is 144 Å². The topological polar surface area (TPSA) is 66.9 Å². The molecule has 0 atom stereocenters. The minimum Gasteiger partial charge on any atom is -0.339 e. The van der Waals surface area contributed by atoms with E-state index < -0.39 is 34.9 Å². The zero-order valence-electron chi connectivity index (χ0n) is 12.9. The van der Waals surface area contributed by atoms with Crippen molar-refractivity contribution in [2.24, 2.45) is 0 Å². The molecule has 0 aliphatic heterocycles. The second-order valence-electron chi connectivity index (χ2n) is 5.10. The normalized spacial score (nSPS) is 10.5. The minimum absolute atomic E-state index is 0.168. The Morgan fingerprint density at radius 1 is 0.846 bits per heavy atom. The van der Waals surface area contributed by atoms with Crippen molar-refractivity contribution in [2.75, 3.05) is 10.6 Å². The van der Waals surface area contributed by atoms with E-state index in [-0.39, 0.29) is 11.5 Å². The van der Waals surface area contributed by atoms with E-state index >= 15 is 0 Å². The van der Waals surface area contributed by atoms with Gasteiger partial charge in [-0.15, -0.1) is 0 Å². The van der Waals surface area contributed by atoms with E-state index in [2.05, 4.69) is 20.6 Å². The summed E-state index contributed by atoms with van der Waals surface area (Å²) in [4.78, 5) is 19.8. The molecule has 2 N–H and O–H groups in total. The second kappa shape index (κ2) is 7.18. The maximum Gasteiger partial charge on any atom is 0.275 e. The SMILES string of the molecule is O=C(Nc1ccc(F)c(F)c1F)c1cnc(Nc2ccc(F)cc2)cn1. The van der Waals surface area contributed by atoms with Crippen LogP contribution in [0, 0.1) is 23.3 Å². The van der Waals surface area contributed by atoms with E-state index in [1.807, 2.05) is 0 Å². The molecule has 0 radical (unpaired) electrons. The maximum atomic E-state index is 13.6. The number of hydrogen-bond acceptors (Lipinski definition) is 4. The van der Waals surface area contributed by atoms with Crippen LogP contribution in [0.1, 0.15) is 10.5 Å². The molecule has 0 saturated carbocycles. The number of rotatable bonds is 4. The lowest BCUT2D eigenvalue weighted by molar-refractivity contribution is 0.102. The molecule has 0 spiro atoms. The first-order valence-corrected chi connectivity index (χ1v) is 7.23. The lowest BCUT2D eigenvalue weighted by Crippen LogP contribution is -2.16. The fourth-order valence-corrected chi connectivity index (χ4v) is 2.00. The lowest BCUT2D eigenvalue weighted by Gasteiger charge is -2.08. The predicted molar refractivity (Wildman–Crippen MR) is 86.0 cm³/mol. The largest absolute Gasteiger partial charge is 0.339 e. The number of aromatic nitrogens is 2. The number of benzene rings is 2. The van der Waals surface area contributed by atoms with Gasteiger partial charge in [0.1, 0.15) is 17.3 Å². The second-order valence-corrected chi connectivity index (χ2v) is 5.10. The molecule has 0 unspecified atom stereocenters. The van der Waals surface area contributed by atoms with Crippen molar-refractivity contribution in [1.82, 2.24) is 9.97 Å². The predicted octanol–water partition coefficient (Wildman–Crippen LogP) is 4.03. The summed E-state index contributed by atoms with van der Waals surface area (Å²) in [7, 11) is 0. The van der Waals surface area contributed by atoms with Gasteiger partial charge >= 0.3 is 0 Å². The van der Waals surface area contributed by atoms with Gasteiger partial charge in [-0.2, -0.15) is 0 Å². The molecule has 5 nitrogen and oxygen atoms in total. The zero-order valence-corrected chi connectivity index (χ0v) is 12.9. The Balaban J connectivity index is 1.71. The van der Waals surface area contributed by atoms with Crippen LogP contribution in [0.15, 0.2) is 48.8 Å². The van der Waals surface area contributed by atoms with Crippen LogP contribution < -0.4 is 10.6 Å². The highest BCUT2D eigenvalue weighted by Gasteiger charge is 2.16. The summed E-state index contributed by atoms with van der Waals surface area (Å²) in [5.41, 5.74) is -0.134. The number of halogens is 4. The average molecular weight is 362 g/mol. The Morgan fingerprint density at radius 3 is 2.23 bits per heavy atom. The smallest absolute Gasteiger partial charge is 0.275 e. The molecule has 2 aromatic carbocycles. The van der Waals surface area contributed by atoms with Crippen LogP contribution in [0.25, 0.3) is 0 Å². The van der Waals surface area contributed by atoms with Gasteiger partial charge in [0.2, 0.25) is 0 Å². The molecule has 0 saturated heterocycles. The Hall–Kier alpha value is -3.49. The first kappa shape index (κ1) is 17.3. The number of anilines is 3. The fourth-order valence-electron chi connectivity index (χ4n) is 2.00. The summed E-state index contributed by atoms with van der Waals surface area (Å²) in [6.45, 7) is 0. The van der Waals surface area contributed by atoms with Crippen LogP contribution in [0.5, 0.6) is 0 Å². The Morgan fingerprint density at radius 2 is 1.58 bits per heavy atom. The van der Waals surface area contributed by atoms with Crippen LogP contribution in [0.2, 0.25) is 0 Å². The summed E-state index contributed by atoms with van der Waals surface area (Å²) in [6.07, 6.45) is 2.35. The van der Waals surface area contributed by atoms with Crippen LogP contribution in [0.4, 0.5) is 34.8 Å². The van der Waals surface area contributed by atoms with Gasteiger partial charge in [0.15, 0.2) is 17.5 Å². The van der Waals surface area contributed by atoms with E-state index in [0.29, 0.717) is 11.8 Å². The van der Waals surface area contributed by atoms with Gasteiger partial charge in [-0.05, 0) is 36.4 Å². The molecule has 0 fully saturated rings. The number of carbonyl (C=O) groups is 1. The van der Waals surface area contributed by atoms with Crippen molar-refractivity contribution in [3.8, 4) is 0 Å². The highest BCUT2D eigenvalue weighted by atomic mass is 19.2. The van der Waals surface area contributed by atoms with Crippen molar-refractivity contribution in [2.45, 2.75) is 0 Å². The number of nitrogens with one attached hydrogen (secondary N) is 2. The molecular formula is C17H10F4N4O. The van der Waals surface area contributed by atoms with E-state index in [0.717, 1.165) is 12.3 Å². The summed E-state index contributed by atoms with van der Waals surface area (Å²) >= 11 is 0. The van der Waals surface area contributed by atoms with Crippen molar-refractivity contribution >= 4 is 23.1 Å². The first-order valence-electron chi connectivity index (χ1n) is 7.23. The van der Waals surface area contributed by atoms with Crippen molar-refractivity contribution in [3.63, 3.8) is 0 Å². The third-order valence-corrected chi connectivity index (χ3v) is 3.28. The zero-order chi connectivity index (χ0) is 18.7. The van der Waals surface area contributed by atoms with Crippen molar-refractivity contribution in [3.05, 3.63) is 77.8 Å². The van der Waals surface area contributed by atoms with Gasteiger partial charge in [-0.3, -0.25) is 4.79 Å². The quantitative estimate of drug-likeness (QED) is 0.543. The molecule has 0 aliphatic carbocycles. The highest BCUT2D eigenvalue weighted by molar-refractivity contribution is 6.02. The molecule has 26 heavy (non-hydrogen) atoms. The number of hydrogen-bond donors (Lipinski definition) is 2. The molecule has 1 heterocycles. The van der Waals surface area contributed by atoms with Gasteiger partial charge in [0.05, 0.1) is 18.1 Å².